The van der Waals surface area contributed by atoms with Crippen molar-refractivity contribution in [1.82, 2.24) is 4.98 Å². The molecule has 0 bridgehead atoms. The van der Waals surface area contributed by atoms with Gasteiger partial charge in [0.05, 0.1) is 15.2 Å². The molecule has 0 saturated carbocycles. The van der Waals surface area contributed by atoms with Crippen molar-refractivity contribution in [3.8, 4) is 5.75 Å². The summed E-state index contributed by atoms with van der Waals surface area (Å²) in [4.78, 5) is 17.6. The van der Waals surface area contributed by atoms with Gasteiger partial charge in [0.15, 0.2) is 10.9 Å². The van der Waals surface area contributed by atoms with Gasteiger partial charge < -0.3 is 10.1 Å². The van der Waals surface area contributed by atoms with E-state index in [4.69, 9.17) is 16.3 Å². The van der Waals surface area contributed by atoms with Crippen LogP contribution < -0.4 is 10.1 Å². The van der Waals surface area contributed by atoms with E-state index >= 15 is 0 Å². The number of nitrogens with zero attached hydrogens (tertiary/aromatic N) is 1. The second kappa shape index (κ2) is 8.65. The van der Waals surface area contributed by atoms with Gasteiger partial charge in [-0.15, -0.1) is 11.3 Å². The predicted molar refractivity (Wildman–Crippen MR) is 116 cm³/mol. The first kappa shape index (κ1) is 18.8. The average molecular weight is 427 g/mol. The fourth-order valence-corrected chi connectivity index (χ4v) is 4.84. The molecule has 3 aromatic carbocycles. The number of nitrogens with one attached hydrogen (secondary N) is 1. The van der Waals surface area contributed by atoms with Crippen molar-refractivity contribution in [1.29, 1.82) is 0 Å². The molecule has 0 aliphatic rings. The molecule has 0 radical (unpaired) electrons. The first-order valence-corrected chi connectivity index (χ1v) is 10.5. The molecular formula is C21H15ClN2O2S2. The molecule has 1 N–H and O–H groups in total. The molecule has 0 unspecified atom stereocenters. The van der Waals surface area contributed by atoms with Gasteiger partial charge >= 0.3 is 0 Å². The Morgan fingerprint density at radius 3 is 2.64 bits per heavy atom. The zero-order chi connectivity index (χ0) is 19.3. The number of para-hydroxylation sites is 2. The Morgan fingerprint density at radius 1 is 1.07 bits per heavy atom. The molecule has 7 heteroatoms. The van der Waals surface area contributed by atoms with E-state index in [0.29, 0.717) is 16.5 Å². The number of fused-ring (bicyclic) bond motifs is 1. The molecule has 0 aliphatic heterocycles. The van der Waals surface area contributed by atoms with Crippen LogP contribution in [0.15, 0.2) is 82.0 Å². The summed E-state index contributed by atoms with van der Waals surface area (Å²) < 4.78 is 7.51. The molecule has 28 heavy (non-hydrogen) atoms. The molecular weight excluding hydrogens is 412 g/mol. The van der Waals surface area contributed by atoms with Gasteiger partial charge in [-0.3, -0.25) is 4.79 Å². The Labute approximate surface area is 175 Å². The van der Waals surface area contributed by atoms with E-state index < -0.39 is 0 Å². The van der Waals surface area contributed by atoms with Crippen molar-refractivity contribution in [2.24, 2.45) is 0 Å². The van der Waals surface area contributed by atoms with Crippen LogP contribution in [0.1, 0.15) is 0 Å². The number of rotatable bonds is 6. The number of carbonyl (C=O) groups is 1. The normalized spacial score (nSPS) is 10.8. The van der Waals surface area contributed by atoms with Crippen molar-refractivity contribution in [2.75, 3.05) is 11.9 Å². The molecule has 4 rings (SSSR count). The summed E-state index contributed by atoms with van der Waals surface area (Å²) in [5.41, 5.74) is 1.61. The highest BCUT2D eigenvalue weighted by Gasteiger charge is 2.10. The predicted octanol–water partition coefficient (Wildman–Crippen LogP) is 6.12. The summed E-state index contributed by atoms with van der Waals surface area (Å²) in [6.45, 7) is -0.0656. The first-order valence-electron chi connectivity index (χ1n) is 8.48. The minimum absolute atomic E-state index is 0.0656. The molecule has 4 aromatic rings. The van der Waals surface area contributed by atoms with E-state index in [1.165, 1.54) is 11.8 Å². The van der Waals surface area contributed by atoms with Gasteiger partial charge in [0.25, 0.3) is 5.91 Å². The lowest BCUT2D eigenvalue weighted by molar-refractivity contribution is -0.118. The summed E-state index contributed by atoms with van der Waals surface area (Å²) in [7, 11) is 0. The van der Waals surface area contributed by atoms with Gasteiger partial charge in [-0.05, 0) is 42.5 Å². The molecule has 0 spiro atoms. The zero-order valence-electron chi connectivity index (χ0n) is 14.6. The lowest BCUT2D eigenvalue weighted by Gasteiger charge is -2.09. The molecule has 140 valence electrons. The Bertz CT molecular complexity index is 1080. The maximum absolute atomic E-state index is 12.1. The first-order chi connectivity index (χ1) is 13.7. The topological polar surface area (TPSA) is 51.2 Å². The number of aromatic nitrogens is 1. The minimum Gasteiger partial charge on any atom is -0.484 e. The summed E-state index contributed by atoms with van der Waals surface area (Å²) in [5.74, 6) is 0.407. The molecule has 1 amide bonds. The quantitative estimate of drug-likeness (QED) is 0.403. The third kappa shape index (κ3) is 4.65. The number of thiazole rings is 1. The Hall–Kier alpha value is -2.54. The highest BCUT2D eigenvalue weighted by atomic mass is 35.5. The SMILES string of the molecule is O=C(COc1ccccc1)Nc1ccc(Sc2nc3ccccc3s2)c(Cl)c1. The van der Waals surface area contributed by atoms with Crippen molar-refractivity contribution in [3.05, 3.63) is 77.8 Å². The van der Waals surface area contributed by atoms with Crippen LogP contribution in [0.3, 0.4) is 0 Å². The average Bonchev–Trinajstić information content (AvgIpc) is 3.12. The van der Waals surface area contributed by atoms with Gasteiger partial charge in [0, 0.05) is 10.6 Å². The van der Waals surface area contributed by atoms with Crippen LogP contribution in [0, 0.1) is 0 Å². The van der Waals surface area contributed by atoms with E-state index in [0.717, 1.165) is 19.5 Å². The second-order valence-electron chi connectivity index (χ2n) is 5.84. The number of hydrogen-bond acceptors (Lipinski definition) is 5. The van der Waals surface area contributed by atoms with E-state index in [-0.39, 0.29) is 12.5 Å². The second-order valence-corrected chi connectivity index (χ2v) is 8.57. The van der Waals surface area contributed by atoms with Gasteiger partial charge in [0.1, 0.15) is 5.75 Å². The van der Waals surface area contributed by atoms with E-state index in [2.05, 4.69) is 16.4 Å². The molecule has 1 aromatic heterocycles. The highest BCUT2D eigenvalue weighted by molar-refractivity contribution is 8.01. The zero-order valence-corrected chi connectivity index (χ0v) is 17.0. The molecule has 0 fully saturated rings. The standard InChI is InChI=1S/C21H15ClN2O2S2/c22-16-12-14(23-20(25)13-26-15-6-2-1-3-7-15)10-11-18(16)27-21-24-17-8-4-5-9-19(17)28-21/h1-12H,13H2,(H,23,25). The third-order valence-corrected chi connectivity index (χ3v) is 6.40. The Balaban J connectivity index is 1.39. The Morgan fingerprint density at radius 2 is 1.86 bits per heavy atom. The van der Waals surface area contributed by atoms with Crippen LogP contribution in [-0.2, 0) is 4.79 Å². The molecule has 4 nitrogen and oxygen atoms in total. The van der Waals surface area contributed by atoms with Gasteiger partial charge in [-0.25, -0.2) is 4.98 Å². The third-order valence-electron chi connectivity index (χ3n) is 3.80. The van der Waals surface area contributed by atoms with E-state index in [9.17, 15) is 4.79 Å². The number of ether oxygens (including phenoxy) is 1. The van der Waals surface area contributed by atoms with Crippen molar-refractivity contribution < 1.29 is 9.53 Å². The number of carbonyl (C=O) groups excluding carboxylic acids is 1. The van der Waals surface area contributed by atoms with Crippen LogP contribution in [0.5, 0.6) is 5.75 Å². The van der Waals surface area contributed by atoms with Crippen LogP contribution in [0.4, 0.5) is 5.69 Å². The van der Waals surface area contributed by atoms with Crippen LogP contribution in [-0.4, -0.2) is 17.5 Å². The van der Waals surface area contributed by atoms with Crippen molar-refractivity contribution in [2.45, 2.75) is 9.24 Å². The van der Waals surface area contributed by atoms with Gasteiger partial charge in [-0.1, -0.05) is 53.7 Å². The number of hydrogen-bond donors (Lipinski definition) is 1. The minimum atomic E-state index is -0.244. The summed E-state index contributed by atoms with van der Waals surface area (Å²) in [6, 6.07) is 22.7. The number of amides is 1. The van der Waals surface area contributed by atoms with E-state index in [1.807, 2.05) is 48.5 Å². The lowest BCUT2D eigenvalue weighted by atomic mass is 10.3. The largest absolute Gasteiger partial charge is 0.484 e. The molecule has 1 heterocycles. The van der Waals surface area contributed by atoms with Crippen molar-refractivity contribution >= 4 is 56.5 Å². The summed E-state index contributed by atoms with van der Waals surface area (Å²) >= 11 is 9.55. The summed E-state index contributed by atoms with van der Waals surface area (Å²) in [5, 5.41) is 3.36. The molecule has 0 atom stereocenters. The maximum atomic E-state index is 12.1. The van der Waals surface area contributed by atoms with E-state index in [1.54, 1.807) is 29.5 Å². The fourth-order valence-electron chi connectivity index (χ4n) is 2.51. The number of benzene rings is 3. The highest BCUT2D eigenvalue weighted by Crippen LogP contribution is 2.38. The maximum Gasteiger partial charge on any atom is 0.262 e. The van der Waals surface area contributed by atoms with Crippen molar-refractivity contribution in [3.63, 3.8) is 0 Å². The van der Waals surface area contributed by atoms with Crippen LogP contribution in [0.2, 0.25) is 5.02 Å². The molecule has 0 saturated heterocycles. The molecule has 0 aliphatic carbocycles. The smallest absolute Gasteiger partial charge is 0.262 e. The van der Waals surface area contributed by atoms with Crippen LogP contribution >= 0.6 is 34.7 Å². The lowest BCUT2D eigenvalue weighted by Crippen LogP contribution is -2.20. The van der Waals surface area contributed by atoms with Gasteiger partial charge in [-0.2, -0.15) is 0 Å². The van der Waals surface area contributed by atoms with Crippen LogP contribution in [0.25, 0.3) is 10.2 Å². The summed E-state index contributed by atoms with van der Waals surface area (Å²) in [6.07, 6.45) is 0. The number of halogens is 1. The fraction of sp³-hybridized carbons (Fsp3) is 0.0476. The van der Waals surface area contributed by atoms with Gasteiger partial charge in [0.2, 0.25) is 0 Å². The monoisotopic (exact) mass is 426 g/mol. The Kier molecular flexibility index (Phi) is 5.81. The number of anilines is 1.